The number of carbonyl (C=O) groups excluding carboxylic acids is 2. The molecule has 0 aromatic carbocycles. The molecule has 1 aromatic rings. The van der Waals surface area contributed by atoms with Gasteiger partial charge >= 0.3 is 0 Å². The third-order valence-electron chi connectivity index (χ3n) is 3.28. The van der Waals surface area contributed by atoms with Crippen molar-refractivity contribution in [3.8, 4) is 0 Å². The summed E-state index contributed by atoms with van der Waals surface area (Å²) < 4.78 is 0. The van der Waals surface area contributed by atoms with Gasteiger partial charge in [0.2, 0.25) is 11.8 Å². The molecule has 1 fully saturated rings. The zero-order chi connectivity index (χ0) is 14.5. The summed E-state index contributed by atoms with van der Waals surface area (Å²) in [4.78, 5) is 29.8. The van der Waals surface area contributed by atoms with E-state index in [1.807, 2.05) is 18.6 Å². The number of rotatable bonds is 6. The van der Waals surface area contributed by atoms with E-state index in [2.05, 4.69) is 10.3 Å². The van der Waals surface area contributed by atoms with Crippen molar-refractivity contribution >= 4 is 34.9 Å². The first-order chi connectivity index (χ1) is 9.63. The van der Waals surface area contributed by atoms with Gasteiger partial charge in [-0.1, -0.05) is 0 Å². The van der Waals surface area contributed by atoms with Crippen LogP contribution < -0.4 is 5.32 Å². The number of carbonyl (C=O) groups is 2. The Morgan fingerprint density at radius 3 is 3.10 bits per heavy atom. The molecule has 2 heterocycles. The van der Waals surface area contributed by atoms with Gasteiger partial charge in [0.1, 0.15) is 5.01 Å². The van der Waals surface area contributed by atoms with Gasteiger partial charge in [0.15, 0.2) is 0 Å². The normalized spacial score (nSPS) is 18.6. The summed E-state index contributed by atoms with van der Waals surface area (Å²) in [6.45, 7) is 3.59. The van der Waals surface area contributed by atoms with Crippen LogP contribution in [0.4, 0.5) is 0 Å². The van der Waals surface area contributed by atoms with Gasteiger partial charge in [0, 0.05) is 30.6 Å². The molecule has 0 unspecified atom stereocenters. The molecule has 1 aliphatic heterocycles. The molecule has 5 nitrogen and oxygen atoms in total. The molecule has 1 atom stereocenters. The summed E-state index contributed by atoms with van der Waals surface area (Å²) in [5.41, 5.74) is 0.893. The predicted molar refractivity (Wildman–Crippen MR) is 81.5 cm³/mol. The smallest absolute Gasteiger partial charge is 0.225 e. The molecule has 0 saturated carbocycles. The number of thiazole rings is 1. The molecule has 2 rings (SSSR count). The van der Waals surface area contributed by atoms with Crippen molar-refractivity contribution < 1.29 is 9.59 Å². The monoisotopic (exact) mass is 313 g/mol. The first-order valence-corrected chi connectivity index (χ1v) is 8.89. The molecule has 1 saturated heterocycles. The van der Waals surface area contributed by atoms with Crippen LogP contribution in [0.15, 0.2) is 5.38 Å². The Balaban J connectivity index is 1.81. The van der Waals surface area contributed by atoms with E-state index in [0.29, 0.717) is 26.1 Å². The van der Waals surface area contributed by atoms with Crippen molar-refractivity contribution in [3.05, 3.63) is 16.1 Å². The molecule has 7 heteroatoms. The van der Waals surface area contributed by atoms with Gasteiger partial charge in [-0.25, -0.2) is 4.98 Å². The van der Waals surface area contributed by atoms with Crippen molar-refractivity contribution in [2.45, 2.75) is 25.6 Å². The highest BCUT2D eigenvalue weighted by atomic mass is 32.2. The molecular formula is C13H19N3O2S2. The summed E-state index contributed by atoms with van der Waals surface area (Å²) in [7, 11) is 0. The van der Waals surface area contributed by atoms with Gasteiger partial charge in [-0.3, -0.25) is 9.59 Å². The molecule has 1 aromatic heterocycles. The van der Waals surface area contributed by atoms with Crippen LogP contribution in [-0.4, -0.2) is 41.0 Å². The number of hydrogen-bond acceptors (Lipinski definition) is 5. The van der Waals surface area contributed by atoms with Gasteiger partial charge in [-0.05, 0) is 13.2 Å². The van der Waals surface area contributed by atoms with Crippen LogP contribution in [0, 0.1) is 5.92 Å². The van der Waals surface area contributed by atoms with Gasteiger partial charge in [-0.2, -0.15) is 11.8 Å². The van der Waals surface area contributed by atoms with Crippen LogP contribution in [0.5, 0.6) is 0 Å². The highest BCUT2D eigenvalue weighted by Gasteiger charge is 2.33. The average Bonchev–Trinajstić information content (AvgIpc) is 3.03. The van der Waals surface area contributed by atoms with Gasteiger partial charge in [0.25, 0.3) is 0 Å². The Bertz CT molecular complexity index is 490. The second-order valence-electron chi connectivity index (χ2n) is 4.72. The van der Waals surface area contributed by atoms with Crippen molar-refractivity contribution in [1.29, 1.82) is 0 Å². The average molecular weight is 313 g/mol. The van der Waals surface area contributed by atoms with E-state index >= 15 is 0 Å². The SMILES string of the molecule is CCN1C[C@H](C(=O)NCc2csc(CSC)n2)CC1=O. The number of aromatic nitrogens is 1. The predicted octanol–water partition coefficient (Wildman–Crippen LogP) is 1.49. The lowest BCUT2D eigenvalue weighted by atomic mass is 10.1. The zero-order valence-corrected chi connectivity index (χ0v) is 13.4. The van der Waals surface area contributed by atoms with Crippen LogP contribution in [0.3, 0.4) is 0 Å². The zero-order valence-electron chi connectivity index (χ0n) is 11.7. The van der Waals surface area contributed by atoms with Crippen LogP contribution >= 0.6 is 23.1 Å². The van der Waals surface area contributed by atoms with E-state index in [1.54, 1.807) is 28.0 Å². The summed E-state index contributed by atoms with van der Waals surface area (Å²) >= 11 is 3.35. The second-order valence-corrected chi connectivity index (χ2v) is 6.53. The lowest BCUT2D eigenvalue weighted by molar-refractivity contribution is -0.128. The minimum atomic E-state index is -0.216. The van der Waals surface area contributed by atoms with Crippen LogP contribution in [0.2, 0.25) is 0 Å². The molecule has 110 valence electrons. The topological polar surface area (TPSA) is 62.3 Å². The van der Waals surface area contributed by atoms with E-state index in [9.17, 15) is 9.59 Å². The van der Waals surface area contributed by atoms with E-state index in [-0.39, 0.29) is 17.7 Å². The maximum atomic E-state index is 12.0. The standard InChI is InChI=1S/C13H19N3O2S2/c1-3-16-6-9(4-12(16)17)13(18)14-5-10-7-20-11(15-10)8-19-2/h7,9H,3-6,8H2,1-2H3,(H,14,18)/t9-/m1/s1. The van der Waals surface area contributed by atoms with Crippen LogP contribution in [0.1, 0.15) is 24.0 Å². The lowest BCUT2D eigenvalue weighted by Gasteiger charge is -2.13. The van der Waals surface area contributed by atoms with E-state index in [0.717, 1.165) is 16.5 Å². The molecule has 1 N–H and O–H groups in total. The Morgan fingerprint density at radius 1 is 1.65 bits per heavy atom. The van der Waals surface area contributed by atoms with Crippen LogP contribution in [-0.2, 0) is 21.9 Å². The number of likely N-dealkylation sites (tertiary alicyclic amines) is 1. The molecule has 0 radical (unpaired) electrons. The molecule has 0 spiro atoms. The molecule has 1 aliphatic rings. The number of nitrogens with one attached hydrogen (secondary N) is 1. The Morgan fingerprint density at radius 2 is 2.45 bits per heavy atom. The van der Waals surface area contributed by atoms with Gasteiger partial charge in [-0.15, -0.1) is 11.3 Å². The Hall–Kier alpha value is -1.08. The summed E-state index contributed by atoms with van der Waals surface area (Å²) in [6, 6.07) is 0. The summed E-state index contributed by atoms with van der Waals surface area (Å²) in [6.07, 6.45) is 2.37. The van der Waals surface area contributed by atoms with Crippen molar-refractivity contribution in [2.24, 2.45) is 5.92 Å². The summed E-state index contributed by atoms with van der Waals surface area (Å²) in [5, 5.41) is 5.94. The third-order valence-corrected chi connectivity index (χ3v) is 4.92. The molecule has 2 amide bonds. The van der Waals surface area contributed by atoms with E-state index in [1.165, 1.54) is 0 Å². The third kappa shape index (κ3) is 3.73. The fourth-order valence-corrected chi connectivity index (χ4v) is 3.71. The highest BCUT2D eigenvalue weighted by Crippen LogP contribution is 2.18. The largest absolute Gasteiger partial charge is 0.350 e. The lowest BCUT2D eigenvalue weighted by Crippen LogP contribution is -2.32. The van der Waals surface area contributed by atoms with Crippen molar-refractivity contribution in [1.82, 2.24) is 15.2 Å². The minimum Gasteiger partial charge on any atom is -0.350 e. The fraction of sp³-hybridized carbons (Fsp3) is 0.615. The number of amides is 2. The van der Waals surface area contributed by atoms with Crippen molar-refractivity contribution in [3.63, 3.8) is 0 Å². The maximum Gasteiger partial charge on any atom is 0.225 e. The first-order valence-electron chi connectivity index (χ1n) is 6.61. The van der Waals surface area contributed by atoms with Crippen LogP contribution in [0.25, 0.3) is 0 Å². The molecule has 0 bridgehead atoms. The molecular weight excluding hydrogens is 294 g/mol. The maximum absolute atomic E-state index is 12.0. The number of thioether (sulfide) groups is 1. The first kappa shape index (κ1) is 15.3. The highest BCUT2D eigenvalue weighted by molar-refractivity contribution is 7.97. The molecule has 20 heavy (non-hydrogen) atoms. The quantitative estimate of drug-likeness (QED) is 0.864. The van der Waals surface area contributed by atoms with Gasteiger partial charge in [0.05, 0.1) is 18.2 Å². The molecule has 0 aliphatic carbocycles. The minimum absolute atomic E-state index is 0.0475. The van der Waals surface area contributed by atoms with Gasteiger partial charge < -0.3 is 10.2 Å². The van der Waals surface area contributed by atoms with E-state index in [4.69, 9.17) is 0 Å². The second kappa shape index (κ2) is 7.08. The Labute approximate surface area is 127 Å². The van der Waals surface area contributed by atoms with E-state index < -0.39 is 0 Å². The number of nitrogens with zero attached hydrogens (tertiary/aromatic N) is 2. The summed E-state index contributed by atoms with van der Waals surface area (Å²) in [5.74, 6) is 0.713. The Kier molecular flexibility index (Phi) is 5.42. The fourth-order valence-electron chi connectivity index (χ4n) is 2.20. The number of hydrogen-bond donors (Lipinski definition) is 1. The van der Waals surface area contributed by atoms with Crippen molar-refractivity contribution in [2.75, 3.05) is 19.3 Å².